The highest BCUT2D eigenvalue weighted by atomic mass is 16.5. The molecule has 3 heterocycles. The summed E-state index contributed by atoms with van der Waals surface area (Å²) in [4.78, 5) is 14.9. The molecule has 5 heteroatoms. The van der Waals surface area contributed by atoms with Gasteiger partial charge in [-0.3, -0.25) is 9.88 Å². The molecule has 1 aliphatic heterocycles. The topological polar surface area (TPSA) is 51.1 Å². The summed E-state index contributed by atoms with van der Waals surface area (Å²) in [6, 6.07) is 4.68. The van der Waals surface area contributed by atoms with Crippen LogP contribution >= 0.6 is 0 Å². The number of likely N-dealkylation sites (tertiary alicyclic amines) is 1. The van der Waals surface area contributed by atoms with E-state index in [0.717, 1.165) is 31.1 Å². The Morgan fingerprint density at radius 3 is 2.41 bits per heavy atom. The molecular weight excluding hydrogens is 276 g/mol. The average Bonchev–Trinajstić information content (AvgIpc) is 2.58. The van der Waals surface area contributed by atoms with Crippen molar-refractivity contribution in [2.75, 3.05) is 20.2 Å². The van der Waals surface area contributed by atoms with E-state index >= 15 is 0 Å². The molecule has 2 aromatic heterocycles. The first-order chi connectivity index (χ1) is 10.8. The van der Waals surface area contributed by atoms with Crippen molar-refractivity contribution < 1.29 is 4.74 Å². The second-order valence-electron chi connectivity index (χ2n) is 5.86. The maximum Gasteiger partial charge on any atom is 0.316 e. The third-order valence-corrected chi connectivity index (χ3v) is 4.25. The monoisotopic (exact) mass is 298 g/mol. The van der Waals surface area contributed by atoms with E-state index < -0.39 is 0 Å². The Balaban J connectivity index is 1.47. The third-order valence-electron chi connectivity index (χ3n) is 4.25. The maximum atomic E-state index is 4.99. The third kappa shape index (κ3) is 4.01. The van der Waals surface area contributed by atoms with E-state index in [1.54, 1.807) is 7.11 Å². The Hall–Kier alpha value is -2.01. The van der Waals surface area contributed by atoms with Gasteiger partial charge in [-0.15, -0.1) is 0 Å². The van der Waals surface area contributed by atoms with Gasteiger partial charge in [-0.2, -0.15) is 0 Å². The number of piperidine rings is 1. The number of ether oxygens (including phenoxy) is 1. The quantitative estimate of drug-likeness (QED) is 0.848. The second-order valence-corrected chi connectivity index (χ2v) is 5.86. The van der Waals surface area contributed by atoms with Gasteiger partial charge in [0.05, 0.1) is 7.11 Å². The van der Waals surface area contributed by atoms with Gasteiger partial charge in [-0.25, -0.2) is 9.97 Å². The molecule has 0 bridgehead atoms. The second kappa shape index (κ2) is 7.31. The van der Waals surface area contributed by atoms with Crippen LogP contribution in [0.3, 0.4) is 0 Å². The molecule has 0 radical (unpaired) electrons. The van der Waals surface area contributed by atoms with Gasteiger partial charge in [0.25, 0.3) is 0 Å². The highest BCUT2D eigenvalue weighted by molar-refractivity contribution is 5.11. The molecule has 116 valence electrons. The summed E-state index contributed by atoms with van der Waals surface area (Å²) in [5, 5.41) is 0. The van der Waals surface area contributed by atoms with Crippen LogP contribution in [0.25, 0.3) is 0 Å². The van der Waals surface area contributed by atoms with Crippen LogP contribution in [0.4, 0.5) is 0 Å². The first kappa shape index (κ1) is 14.9. The first-order valence-corrected chi connectivity index (χ1v) is 7.79. The van der Waals surface area contributed by atoms with Gasteiger partial charge in [0.2, 0.25) is 0 Å². The molecule has 0 atom stereocenters. The molecule has 1 aliphatic rings. The molecule has 0 unspecified atom stereocenters. The molecule has 2 aromatic rings. The largest absolute Gasteiger partial charge is 0.467 e. The Labute approximate surface area is 131 Å². The van der Waals surface area contributed by atoms with Crippen molar-refractivity contribution >= 4 is 0 Å². The van der Waals surface area contributed by atoms with Gasteiger partial charge in [0, 0.05) is 36.9 Å². The van der Waals surface area contributed by atoms with Crippen LogP contribution in [0, 0.1) is 5.92 Å². The van der Waals surface area contributed by atoms with Gasteiger partial charge < -0.3 is 4.74 Å². The summed E-state index contributed by atoms with van der Waals surface area (Å²) >= 11 is 0. The molecule has 3 rings (SSSR count). The zero-order valence-electron chi connectivity index (χ0n) is 13.0. The van der Waals surface area contributed by atoms with Gasteiger partial charge in [-0.05, 0) is 56.0 Å². The smallest absolute Gasteiger partial charge is 0.316 e. The van der Waals surface area contributed by atoms with E-state index in [0.29, 0.717) is 6.01 Å². The van der Waals surface area contributed by atoms with Crippen molar-refractivity contribution in [1.82, 2.24) is 19.9 Å². The summed E-state index contributed by atoms with van der Waals surface area (Å²) in [6.45, 7) is 3.20. The van der Waals surface area contributed by atoms with Crippen LogP contribution in [0.5, 0.6) is 6.01 Å². The lowest BCUT2D eigenvalue weighted by Crippen LogP contribution is -2.33. The minimum absolute atomic E-state index is 0.430. The predicted molar refractivity (Wildman–Crippen MR) is 84.5 cm³/mol. The number of methoxy groups -OCH3 is 1. The molecule has 0 saturated carbocycles. The van der Waals surface area contributed by atoms with Crippen molar-refractivity contribution in [3.05, 3.63) is 48.0 Å². The van der Waals surface area contributed by atoms with Gasteiger partial charge in [0.1, 0.15) is 0 Å². The van der Waals surface area contributed by atoms with Crippen LogP contribution in [0.1, 0.15) is 24.0 Å². The van der Waals surface area contributed by atoms with Crippen LogP contribution in [0.2, 0.25) is 0 Å². The lowest BCUT2D eigenvalue weighted by Gasteiger charge is -2.31. The van der Waals surface area contributed by atoms with Gasteiger partial charge >= 0.3 is 6.01 Å². The normalized spacial score (nSPS) is 16.6. The van der Waals surface area contributed by atoms with E-state index in [2.05, 4.69) is 32.0 Å². The van der Waals surface area contributed by atoms with E-state index in [4.69, 9.17) is 4.74 Å². The van der Waals surface area contributed by atoms with Gasteiger partial charge in [0.15, 0.2) is 0 Å². The van der Waals surface area contributed by atoms with E-state index in [1.807, 2.05) is 24.8 Å². The van der Waals surface area contributed by atoms with Crippen molar-refractivity contribution in [2.24, 2.45) is 5.92 Å². The van der Waals surface area contributed by atoms with Crippen LogP contribution in [-0.2, 0) is 13.0 Å². The highest BCUT2D eigenvalue weighted by Crippen LogP contribution is 2.22. The number of rotatable bonds is 5. The van der Waals surface area contributed by atoms with E-state index in [1.165, 1.54) is 24.8 Å². The maximum absolute atomic E-state index is 4.99. The summed E-state index contributed by atoms with van der Waals surface area (Å²) in [5.41, 5.74) is 2.55. The SMILES string of the molecule is COc1ncc(CN2CCC(Cc3ccncc3)CC2)cn1. The summed E-state index contributed by atoms with van der Waals surface area (Å²) < 4.78 is 4.99. The number of nitrogens with zero attached hydrogens (tertiary/aromatic N) is 4. The van der Waals surface area contributed by atoms with Crippen molar-refractivity contribution in [3.8, 4) is 6.01 Å². The lowest BCUT2D eigenvalue weighted by molar-refractivity contribution is 0.176. The number of hydrogen-bond donors (Lipinski definition) is 0. The molecule has 5 nitrogen and oxygen atoms in total. The highest BCUT2D eigenvalue weighted by Gasteiger charge is 2.19. The predicted octanol–water partition coefficient (Wildman–Crippen LogP) is 2.33. The molecule has 0 N–H and O–H groups in total. The summed E-state index contributed by atoms with van der Waals surface area (Å²) in [6.07, 6.45) is 11.1. The molecule has 0 aromatic carbocycles. The Bertz CT molecular complexity index is 565. The fourth-order valence-corrected chi connectivity index (χ4v) is 2.99. The molecule has 0 spiro atoms. The summed E-state index contributed by atoms with van der Waals surface area (Å²) in [5.74, 6) is 0.783. The minimum Gasteiger partial charge on any atom is -0.467 e. The average molecular weight is 298 g/mol. The Morgan fingerprint density at radius 1 is 1.09 bits per heavy atom. The fourth-order valence-electron chi connectivity index (χ4n) is 2.99. The Kier molecular flexibility index (Phi) is 4.96. The molecular formula is C17H22N4O. The van der Waals surface area contributed by atoms with Crippen LogP contribution < -0.4 is 4.74 Å². The molecule has 0 amide bonds. The van der Waals surface area contributed by atoms with Crippen molar-refractivity contribution in [2.45, 2.75) is 25.8 Å². The first-order valence-electron chi connectivity index (χ1n) is 7.79. The molecule has 22 heavy (non-hydrogen) atoms. The van der Waals surface area contributed by atoms with Crippen molar-refractivity contribution in [1.29, 1.82) is 0 Å². The van der Waals surface area contributed by atoms with Crippen LogP contribution in [-0.4, -0.2) is 40.1 Å². The minimum atomic E-state index is 0.430. The standard InChI is InChI=1S/C17H22N4O/c1-22-17-19-11-16(12-20-17)13-21-8-4-15(5-9-21)10-14-2-6-18-7-3-14/h2-3,6-7,11-12,15H,4-5,8-10,13H2,1H3. The molecule has 0 aliphatic carbocycles. The van der Waals surface area contributed by atoms with E-state index in [-0.39, 0.29) is 0 Å². The van der Waals surface area contributed by atoms with Crippen LogP contribution in [0.15, 0.2) is 36.9 Å². The summed E-state index contributed by atoms with van der Waals surface area (Å²) in [7, 11) is 1.59. The number of pyridine rings is 1. The zero-order valence-corrected chi connectivity index (χ0v) is 13.0. The molecule has 1 fully saturated rings. The Morgan fingerprint density at radius 2 is 1.77 bits per heavy atom. The number of hydrogen-bond acceptors (Lipinski definition) is 5. The fraction of sp³-hybridized carbons (Fsp3) is 0.471. The zero-order chi connectivity index (χ0) is 15.2. The lowest BCUT2D eigenvalue weighted by atomic mass is 9.90. The van der Waals surface area contributed by atoms with E-state index in [9.17, 15) is 0 Å². The van der Waals surface area contributed by atoms with Gasteiger partial charge in [-0.1, -0.05) is 0 Å². The van der Waals surface area contributed by atoms with Crippen molar-refractivity contribution in [3.63, 3.8) is 0 Å². The number of aromatic nitrogens is 3. The molecule has 1 saturated heterocycles.